The SMILES string of the molecule is COC(=O)c1cccc(CC(=O)C[C@@H](c2ccc(C(F)(F)F)cc2)c2ncccc2C(F)(F)F)c1. The number of rotatable bonds is 7. The van der Waals surface area contributed by atoms with Crippen LogP contribution in [0, 0.1) is 0 Å². The van der Waals surface area contributed by atoms with E-state index >= 15 is 0 Å². The zero-order chi connectivity index (χ0) is 25.8. The van der Waals surface area contributed by atoms with Gasteiger partial charge >= 0.3 is 18.3 Å². The number of ether oxygens (including phenoxy) is 1. The highest BCUT2D eigenvalue weighted by Gasteiger charge is 2.37. The number of ketones is 1. The summed E-state index contributed by atoms with van der Waals surface area (Å²) >= 11 is 0. The Morgan fingerprint density at radius 2 is 1.60 bits per heavy atom. The number of carbonyl (C=O) groups excluding carboxylic acids is 2. The molecule has 1 aromatic heterocycles. The zero-order valence-electron chi connectivity index (χ0n) is 18.3. The van der Waals surface area contributed by atoms with Crippen molar-refractivity contribution >= 4 is 11.8 Å². The van der Waals surface area contributed by atoms with Gasteiger partial charge in [-0.05, 0) is 47.5 Å². The first-order valence-electron chi connectivity index (χ1n) is 10.3. The molecule has 10 heteroatoms. The van der Waals surface area contributed by atoms with Crippen LogP contribution in [0.25, 0.3) is 0 Å². The number of halogens is 6. The Morgan fingerprint density at radius 1 is 0.914 bits per heavy atom. The van der Waals surface area contributed by atoms with Gasteiger partial charge in [0.2, 0.25) is 0 Å². The highest BCUT2D eigenvalue weighted by Crippen LogP contribution is 2.39. The smallest absolute Gasteiger partial charge is 0.418 e. The van der Waals surface area contributed by atoms with Gasteiger partial charge in [-0.15, -0.1) is 0 Å². The Balaban J connectivity index is 1.97. The monoisotopic (exact) mass is 495 g/mol. The standard InChI is InChI=1S/C25H19F6NO3/c1-35-23(34)17-5-2-4-15(12-17)13-19(33)14-20(16-7-9-18(10-8-16)24(26,27)28)22-21(25(29,30)31)6-3-11-32-22/h2-12,20H,13-14H2,1H3/t20-/m0/s1. The van der Waals surface area contributed by atoms with Crippen LogP contribution in [0.1, 0.15) is 50.6 Å². The summed E-state index contributed by atoms with van der Waals surface area (Å²) in [5.74, 6) is -2.35. The number of esters is 1. The number of Topliss-reactive ketones (excluding diaryl/α,β-unsaturated/α-hetero) is 1. The van der Waals surface area contributed by atoms with Gasteiger partial charge in [-0.25, -0.2) is 4.79 Å². The molecule has 0 spiro atoms. The minimum atomic E-state index is -4.79. The van der Waals surface area contributed by atoms with Gasteiger partial charge in [0.15, 0.2) is 0 Å². The zero-order valence-corrected chi connectivity index (χ0v) is 18.3. The quantitative estimate of drug-likeness (QED) is 0.288. The molecule has 3 rings (SSSR count). The molecule has 0 saturated carbocycles. The normalized spacial score (nSPS) is 12.8. The van der Waals surface area contributed by atoms with E-state index in [1.54, 1.807) is 6.07 Å². The van der Waals surface area contributed by atoms with Crippen molar-refractivity contribution < 1.29 is 40.7 Å². The van der Waals surface area contributed by atoms with Gasteiger partial charge < -0.3 is 4.74 Å². The molecule has 0 radical (unpaired) electrons. The summed E-state index contributed by atoms with van der Waals surface area (Å²) in [6.45, 7) is 0. The third kappa shape index (κ3) is 6.46. The largest absolute Gasteiger partial charge is 0.465 e. The molecular formula is C25H19F6NO3. The van der Waals surface area contributed by atoms with E-state index in [0.717, 1.165) is 42.6 Å². The second kappa shape index (κ2) is 10.3. The molecule has 0 aliphatic carbocycles. The predicted molar refractivity (Wildman–Crippen MR) is 114 cm³/mol. The fourth-order valence-corrected chi connectivity index (χ4v) is 3.67. The maximum absolute atomic E-state index is 13.7. The van der Waals surface area contributed by atoms with E-state index in [1.807, 2.05) is 0 Å². The number of hydrogen-bond donors (Lipinski definition) is 0. The summed E-state index contributed by atoms with van der Waals surface area (Å²) in [7, 11) is 1.19. The number of carbonyl (C=O) groups is 2. The van der Waals surface area contributed by atoms with Gasteiger partial charge in [-0.1, -0.05) is 24.3 Å². The minimum Gasteiger partial charge on any atom is -0.465 e. The fourth-order valence-electron chi connectivity index (χ4n) is 3.67. The Bertz CT molecular complexity index is 1200. The molecule has 3 aromatic rings. The van der Waals surface area contributed by atoms with Crippen molar-refractivity contribution in [3.05, 3.63) is 100 Å². The lowest BCUT2D eigenvalue weighted by molar-refractivity contribution is -0.139. The van der Waals surface area contributed by atoms with Crippen LogP contribution in [-0.2, 0) is 28.3 Å². The van der Waals surface area contributed by atoms with Crippen molar-refractivity contribution in [1.82, 2.24) is 4.98 Å². The number of alkyl halides is 6. The van der Waals surface area contributed by atoms with E-state index in [2.05, 4.69) is 9.72 Å². The second-order valence-corrected chi connectivity index (χ2v) is 7.72. The number of methoxy groups -OCH3 is 1. The van der Waals surface area contributed by atoms with Crippen molar-refractivity contribution in [2.24, 2.45) is 0 Å². The molecule has 2 aromatic carbocycles. The van der Waals surface area contributed by atoms with Crippen molar-refractivity contribution in [1.29, 1.82) is 0 Å². The molecule has 0 N–H and O–H groups in total. The Kier molecular flexibility index (Phi) is 7.62. The molecule has 0 saturated heterocycles. The second-order valence-electron chi connectivity index (χ2n) is 7.72. The van der Waals surface area contributed by atoms with E-state index in [9.17, 15) is 35.9 Å². The summed E-state index contributed by atoms with van der Waals surface area (Å²) < 4.78 is 84.6. The minimum absolute atomic E-state index is 0.0823. The molecule has 0 aliphatic heterocycles. The van der Waals surface area contributed by atoms with Crippen molar-refractivity contribution in [3.63, 3.8) is 0 Å². The van der Waals surface area contributed by atoms with Crippen molar-refractivity contribution in [3.8, 4) is 0 Å². The average Bonchev–Trinajstić information content (AvgIpc) is 2.81. The van der Waals surface area contributed by atoms with Crippen LogP contribution in [0.15, 0.2) is 66.9 Å². The van der Waals surface area contributed by atoms with Crippen LogP contribution in [0.2, 0.25) is 0 Å². The van der Waals surface area contributed by atoms with E-state index in [0.29, 0.717) is 5.56 Å². The first-order chi connectivity index (χ1) is 16.4. The average molecular weight is 495 g/mol. The molecule has 4 nitrogen and oxygen atoms in total. The molecular weight excluding hydrogens is 476 g/mol. The molecule has 0 amide bonds. The molecule has 0 bridgehead atoms. The number of nitrogens with zero attached hydrogens (tertiary/aromatic N) is 1. The molecule has 0 unspecified atom stereocenters. The van der Waals surface area contributed by atoms with Gasteiger partial charge in [0, 0.05) is 25.0 Å². The maximum atomic E-state index is 13.7. The van der Waals surface area contributed by atoms with Gasteiger partial charge in [0.1, 0.15) is 5.78 Å². The molecule has 0 aliphatic rings. The molecule has 1 heterocycles. The van der Waals surface area contributed by atoms with Crippen LogP contribution >= 0.6 is 0 Å². The summed E-state index contributed by atoms with van der Waals surface area (Å²) in [6.07, 6.45) is -8.95. The van der Waals surface area contributed by atoms with Crippen molar-refractivity contribution in [2.75, 3.05) is 7.11 Å². The Hall–Kier alpha value is -3.69. The van der Waals surface area contributed by atoms with Crippen molar-refractivity contribution in [2.45, 2.75) is 31.1 Å². The van der Waals surface area contributed by atoms with Crippen LogP contribution in [0.4, 0.5) is 26.3 Å². The Labute approximate surface area is 196 Å². The molecule has 184 valence electrons. The lowest BCUT2D eigenvalue weighted by Crippen LogP contribution is -2.18. The summed E-state index contributed by atoms with van der Waals surface area (Å²) in [4.78, 5) is 28.5. The molecule has 35 heavy (non-hydrogen) atoms. The van der Waals surface area contributed by atoms with Crippen LogP contribution < -0.4 is 0 Å². The molecule has 1 atom stereocenters. The van der Waals surface area contributed by atoms with E-state index in [1.165, 1.54) is 25.3 Å². The van der Waals surface area contributed by atoms with E-state index in [4.69, 9.17) is 0 Å². The lowest BCUT2D eigenvalue weighted by Gasteiger charge is -2.21. The van der Waals surface area contributed by atoms with E-state index in [-0.39, 0.29) is 17.5 Å². The van der Waals surface area contributed by atoms with Gasteiger partial charge in [-0.2, -0.15) is 26.3 Å². The van der Waals surface area contributed by atoms with Gasteiger partial charge in [0.05, 0.1) is 29.5 Å². The Morgan fingerprint density at radius 3 is 2.20 bits per heavy atom. The predicted octanol–water partition coefficient (Wildman–Crippen LogP) is 6.24. The topological polar surface area (TPSA) is 56.3 Å². The number of pyridine rings is 1. The summed E-state index contributed by atoms with van der Waals surface area (Å²) in [6, 6.07) is 11.5. The third-order valence-corrected chi connectivity index (χ3v) is 5.30. The van der Waals surface area contributed by atoms with Gasteiger partial charge in [-0.3, -0.25) is 9.78 Å². The highest BCUT2D eigenvalue weighted by atomic mass is 19.4. The van der Waals surface area contributed by atoms with Crippen LogP contribution in [-0.4, -0.2) is 23.8 Å². The first-order valence-corrected chi connectivity index (χ1v) is 10.3. The number of aromatic nitrogens is 1. The van der Waals surface area contributed by atoms with Crippen LogP contribution in [0.5, 0.6) is 0 Å². The highest BCUT2D eigenvalue weighted by molar-refractivity contribution is 5.90. The van der Waals surface area contributed by atoms with E-state index < -0.39 is 53.3 Å². The maximum Gasteiger partial charge on any atom is 0.418 e. The molecule has 0 fully saturated rings. The summed E-state index contributed by atoms with van der Waals surface area (Å²) in [5, 5.41) is 0. The third-order valence-electron chi connectivity index (χ3n) is 5.30. The fraction of sp³-hybridized carbons (Fsp3) is 0.240. The first kappa shape index (κ1) is 25.9. The number of hydrogen-bond acceptors (Lipinski definition) is 4. The number of benzene rings is 2. The lowest BCUT2D eigenvalue weighted by atomic mass is 9.86. The van der Waals surface area contributed by atoms with Gasteiger partial charge in [0.25, 0.3) is 0 Å². The summed E-state index contributed by atoms with van der Waals surface area (Å²) in [5.41, 5.74) is -1.80. The van der Waals surface area contributed by atoms with Crippen LogP contribution in [0.3, 0.4) is 0 Å².